The Balaban J connectivity index is 0.000000463. The monoisotopic (exact) mass is 722 g/mol. The Labute approximate surface area is 280 Å². The van der Waals surface area contributed by atoms with Crippen LogP contribution in [0, 0.1) is 5.82 Å². The van der Waals surface area contributed by atoms with Crippen molar-refractivity contribution in [3.8, 4) is 5.75 Å². The van der Waals surface area contributed by atoms with E-state index in [0.717, 1.165) is 59.4 Å². The number of benzene rings is 2. The molecule has 1 aliphatic rings. The molecular weight excluding hydrogens is 685 g/mol. The molecule has 4 rings (SSSR count). The highest BCUT2D eigenvalue weighted by molar-refractivity contribution is 7.16. The van der Waals surface area contributed by atoms with Gasteiger partial charge in [-0.1, -0.05) is 48.8 Å². The molecule has 270 valence electrons. The summed E-state index contributed by atoms with van der Waals surface area (Å²) in [5.74, 6) is -6.76. The summed E-state index contributed by atoms with van der Waals surface area (Å²) in [5, 5.41) is 16.8. The molecule has 1 aromatic heterocycles. The number of amides is 1. The molecule has 0 saturated heterocycles. The van der Waals surface area contributed by atoms with E-state index in [1.54, 1.807) is 18.2 Å². The molecule has 49 heavy (non-hydrogen) atoms. The summed E-state index contributed by atoms with van der Waals surface area (Å²) < 4.78 is 81.1. The van der Waals surface area contributed by atoms with Crippen molar-refractivity contribution in [2.75, 3.05) is 32.7 Å². The van der Waals surface area contributed by atoms with Crippen LogP contribution in [0.2, 0.25) is 0 Å². The number of rotatable bonds is 14. The van der Waals surface area contributed by atoms with Crippen molar-refractivity contribution in [3.63, 3.8) is 0 Å². The SMILES string of the molecule is O=C(C(=O)C(F)(F)F)C(F)(F)F.O=C(CCNCCc1cccc(F)c1)N(CCNCCc1ccc(O)c2[nH]c(=O)sc12)C1CCCCC1. The van der Waals surface area contributed by atoms with E-state index in [-0.39, 0.29) is 22.3 Å². The maximum Gasteiger partial charge on any atom is 0.458 e. The Morgan fingerprint density at radius 3 is 2.14 bits per heavy atom. The zero-order valence-corrected chi connectivity index (χ0v) is 27.1. The van der Waals surface area contributed by atoms with Gasteiger partial charge >= 0.3 is 28.8 Å². The molecule has 1 heterocycles. The van der Waals surface area contributed by atoms with E-state index in [2.05, 4.69) is 20.5 Å². The fourth-order valence-electron chi connectivity index (χ4n) is 5.37. The molecule has 0 unspecified atom stereocenters. The number of carbonyl (C=O) groups excluding carboxylic acids is 3. The van der Waals surface area contributed by atoms with Gasteiger partial charge in [0.15, 0.2) is 0 Å². The Hall–Kier alpha value is -3.83. The number of aromatic amines is 1. The van der Waals surface area contributed by atoms with Gasteiger partial charge in [0.1, 0.15) is 17.1 Å². The maximum atomic E-state index is 13.3. The van der Waals surface area contributed by atoms with Crippen LogP contribution in [0.4, 0.5) is 30.7 Å². The summed E-state index contributed by atoms with van der Waals surface area (Å²) in [5.41, 5.74) is 2.48. The molecule has 0 radical (unpaired) electrons. The molecule has 0 aliphatic heterocycles. The fraction of sp³-hybridized carbons (Fsp3) is 0.500. The summed E-state index contributed by atoms with van der Waals surface area (Å²) in [7, 11) is 0. The van der Waals surface area contributed by atoms with E-state index in [0.29, 0.717) is 44.2 Å². The van der Waals surface area contributed by atoms with Crippen molar-refractivity contribution in [2.45, 2.75) is 69.8 Å². The maximum absolute atomic E-state index is 13.3. The number of hydrogen-bond donors (Lipinski definition) is 4. The van der Waals surface area contributed by atoms with Crippen LogP contribution >= 0.6 is 11.3 Å². The Kier molecular flexibility index (Phi) is 14.7. The number of thiazole rings is 1. The molecule has 9 nitrogen and oxygen atoms in total. The van der Waals surface area contributed by atoms with Crippen LogP contribution < -0.4 is 15.5 Å². The highest BCUT2D eigenvalue weighted by Crippen LogP contribution is 2.28. The van der Waals surface area contributed by atoms with Gasteiger partial charge in [-0.2, -0.15) is 26.3 Å². The zero-order valence-electron chi connectivity index (χ0n) is 26.3. The first-order chi connectivity index (χ1) is 23.1. The van der Waals surface area contributed by atoms with E-state index in [4.69, 9.17) is 0 Å². The van der Waals surface area contributed by atoms with E-state index < -0.39 is 23.9 Å². The number of H-pyrrole nitrogens is 1. The average molecular weight is 723 g/mol. The molecule has 0 bridgehead atoms. The van der Waals surface area contributed by atoms with E-state index >= 15 is 0 Å². The number of ketones is 2. The first kappa shape index (κ1) is 39.6. The highest BCUT2D eigenvalue weighted by atomic mass is 32.1. The van der Waals surface area contributed by atoms with Crippen molar-refractivity contribution in [3.05, 3.63) is 63.0 Å². The lowest BCUT2D eigenvalue weighted by Crippen LogP contribution is -2.45. The second-order valence-corrected chi connectivity index (χ2v) is 12.4. The molecule has 1 amide bonds. The number of hydrogen-bond acceptors (Lipinski definition) is 8. The quantitative estimate of drug-likeness (QED) is 0.102. The third kappa shape index (κ3) is 12.5. The number of aromatic hydroxyl groups is 1. The lowest BCUT2D eigenvalue weighted by Gasteiger charge is -2.34. The van der Waals surface area contributed by atoms with Crippen LogP contribution in [0.3, 0.4) is 0 Å². The van der Waals surface area contributed by atoms with Crippen LogP contribution in [-0.2, 0) is 27.2 Å². The molecule has 3 aromatic rings. The van der Waals surface area contributed by atoms with Crippen molar-refractivity contribution in [1.82, 2.24) is 20.5 Å². The van der Waals surface area contributed by atoms with Crippen molar-refractivity contribution in [1.29, 1.82) is 0 Å². The number of halogens is 7. The first-order valence-corrected chi connectivity index (χ1v) is 16.4. The smallest absolute Gasteiger partial charge is 0.458 e. The van der Waals surface area contributed by atoms with E-state index in [1.165, 1.54) is 25.3 Å². The summed E-state index contributed by atoms with van der Waals surface area (Å²) >= 11 is 1.12. The Morgan fingerprint density at radius 2 is 1.51 bits per heavy atom. The number of phenols is 1. The third-order valence-electron chi connectivity index (χ3n) is 7.79. The van der Waals surface area contributed by atoms with Gasteiger partial charge in [-0.05, 0) is 68.1 Å². The predicted molar refractivity (Wildman–Crippen MR) is 169 cm³/mol. The van der Waals surface area contributed by atoms with Gasteiger partial charge < -0.3 is 25.6 Å². The van der Waals surface area contributed by atoms with Gasteiger partial charge in [0.25, 0.3) is 0 Å². The fourth-order valence-corrected chi connectivity index (χ4v) is 6.27. The summed E-state index contributed by atoms with van der Waals surface area (Å²) in [6.07, 6.45) is -3.91. The number of carbonyl (C=O) groups is 3. The number of aromatic nitrogens is 1. The molecule has 1 fully saturated rings. The molecule has 2 aromatic carbocycles. The molecule has 17 heteroatoms. The molecule has 1 saturated carbocycles. The minimum absolute atomic E-state index is 0.0927. The second-order valence-electron chi connectivity index (χ2n) is 11.4. The summed E-state index contributed by atoms with van der Waals surface area (Å²) in [4.78, 5) is 48.7. The van der Waals surface area contributed by atoms with Gasteiger partial charge in [0.05, 0.1) is 4.70 Å². The molecule has 0 spiro atoms. The number of nitrogens with zero attached hydrogens (tertiary/aromatic N) is 1. The van der Waals surface area contributed by atoms with Gasteiger partial charge in [-0.3, -0.25) is 19.2 Å². The van der Waals surface area contributed by atoms with Crippen molar-refractivity contribution < 1.29 is 50.2 Å². The lowest BCUT2D eigenvalue weighted by atomic mass is 9.94. The molecule has 4 N–H and O–H groups in total. The summed E-state index contributed by atoms with van der Waals surface area (Å²) in [6.45, 7) is 3.43. The van der Waals surface area contributed by atoms with Crippen molar-refractivity contribution >= 4 is 39.0 Å². The predicted octanol–water partition coefficient (Wildman–Crippen LogP) is 5.20. The van der Waals surface area contributed by atoms with E-state index in [1.807, 2.05) is 12.1 Å². The zero-order chi connectivity index (χ0) is 36.2. The molecular formula is C32H37F7N4O5S. The number of alkyl halides is 6. The van der Waals surface area contributed by atoms with Crippen LogP contribution in [0.5, 0.6) is 5.75 Å². The number of Topliss-reactive ketones (excluding diaryl/α,β-unsaturated/α-hetero) is 2. The number of phenolic OH excluding ortho intramolecular Hbond substituents is 1. The van der Waals surface area contributed by atoms with Gasteiger partial charge in [0, 0.05) is 32.1 Å². The third-order valence-corrected chi connectivity index (χ3v) is 8.75. The second kappa shape index (κ2) is 18.2. The van der Waals surface area contributed by atoms with Crippen LogP contribution in [0.15, 0.2) is 41.2 Å². The Morgan fingerprint density at radius 1 is 0.878 bits per heavy atom. The highest BCUT2D eigenvalue weighted by Gasteiger charge is 2.54. The van der Waals surface area contributed by atoms with Gasteiger partial charge in [0.2, 0.25) is 5.91 Å². The normalized spacial score (nSPS) is 13.9. The lowest BCUT2D eigenvalue weighted by molar-refractivity contribution is -0.193. The topological polar surface area (TPSA) is 132 Å². The van der Waals surface area contributed by atoms with E-state index in [9.17, 15) is 55.0 Å². The van der Waals surface area contributed by atoms with Gasteiger partial charge in [-0.25, -0.2) is 4.39 Å². The largest absolute Gasteiger partial charge is 0.506 e. The minimum Gasteiger partial charge on any atom is -0.506 e. The van der Waals surface area contributed by atoms with Gasteiger partial charge in [-0.15, -0.1) is 0 Å². The molecule has 0 atom stereocenters. The summed E-state index contributed by atoms with van der Waals surface area (Å²) in [6, 6.07) is 10.4. The average Bonchev–Trinajstić information content (AvgIpc) is 3.45. The Bertz CT molecular complexity index is 1590. The first-order valence-electron chi connectivity index (χ1n) is 15.6. The van der Waals surface area contributed by atoms with Crippen molar-refractivity contribution in [2.24, 2.45) is 0 Å². The van der Waals surface area contributed by atoms with Crippen LogP contribution in [0.1, 0.15) is 49.7 Å². The molecule has 1 aliphatic carbocycles. The number of nitrogens with one attached hydrogen (secondary N) is 3. The standard InChI is InChI=1S/C28H37FN4O3S.C4F6O2/c29-22-6-4-5-20(19-22)11-14-30-16-13-25(35)33(23-7-2-1-3-8-23)18-17-31-15-12-21-9-10-24(34)26-27(21)37-28(36)32-26;5-3(6,7)1(11)2(12)4(8,9)10/h4-6,9-10,19,23,30-31,34H,1-3,7-8,11-18H2,(H,32,36);. The van der Waals surface area contributed by atoms with Crippen LogP contribution in [-0.4, -0.2) is 83.6 Å². The van der Waals surface area contributed by atoms with Crippen LogP contribution in [0.25, 0.3) is 10.2 Å². The minimum atomic E-state index is -5.77. The number of fused-ring (bicyclic) bond motifs is 1.